The number of nitrogens with zero attached hydrogens (tertiary/aromatic N) is 1. The molecule has 0 bridgehead atoms. The van der Waals surface area contributed by atoms with Crippen LogP contribution in [0.2, 0.25) is 0 Å². The van der Waals surface area contributed by atoms with Gasteiger partial charge in [-0.1, -0.05) is 0 Å². The number of ether oxygens (including phenoxy) is 2. The summed E-state index contributed by atoms with van der Waals surface area (Å²) < 4.78 is 10.4. The maximum Gasteiger partial charge on any atom is 0.251 e. The van der Waals surface area contributed by atoms with Crippen LogP contribution in [0.5, 0.6) is 11.5 Å². The Kier molecular flexibility index (Phi) is 2.98. The molecule has 0 spiro atoms. The van der Waals surface area contributed by atoms with E-state index in [1.54, 1.807) is 23.1 Å². The summed E-state index contributed by atoms with van der Waals surface area (Å²) in [6.07, 6.45) is 1.04. The molecule has 2 aliphatic heterocycles. The van der Waals surface area contributed by atoms with Crippen molar-refractivity contribution in [3.8, 4) is 11.5 Å². The van der Waals surface area contributed by atoms with Gasteiger partial charge < -0.3 is 19.7 Å². The molecule has 0 aliphatic carbocycles. The van der Waals surface area contributed by atoms with Gasteiger partial charge in [-0.2, -0.15) is 0 Å². The van der Waals surface area contributed by atoms with Crippen LogP contribution in [0.25, 0.3) is 0 Å². The van der Waals surface area contributed by atoms with E-state index in [-0.39, 0.29) is 25.2 Å². The molecule has 2 heterocycles. The minimum Gasteiger partial charge on any atom is -0.454 e. The number of hydrogen-bond acceptors (Lipinski definition) is 4. The number of carbonyl (C=O) groups is 2. The van der Waals surface area contributed by atoms with Gasteiger partial charge in [-0.15, -0.1) is 0 Å². The minimum atomic E-state index is -0.285. The van der Waals surface area contributed by atoms with Crippen LogP contribution < -0.4 is 14.8 Å². The fourth-order valence-electron chi connectivity index (χ4n) is 1.97. The third kappa shape index (κ3) is 2.33. The number of fused-ring (bicyclic) bond motifs is 1. The molecular weight excluding hydrogens is 248 g/mol. The number of rotatable bonds is 3. The summed E-state index contributed by atoms with van der Waals surface area (Å²) in [4.78, 5) is 25.2. The summed E-state index contributed by atoms with van der Waals surface area (Å²) in [5, 5.41) is 2.61. The van der Waals surface area contributed by atoms with Crippen molar-refractivity contribution in [3.63, 3.8) is 0 Å². The number of amides is 2. The van der Waals surface area contributed by atoms with Gasteiger partial charge in [0, 0.05) is 18.7 Å². The van der Waals surface area contributed by atoms with Gasteiger partial charge in [-0.3, -0.25) is 9.59 Å². The molecule has 1 aromatic carbocycles. The van der Waals surface area contributed by atoms with Crippen LogP contribution in [0.4, 0.5) is 0 Å². The summed E-state index contributed by atoms with van der Waals surface area (Å²) in [7, 11) is 0. The van der Waals surface area contributed by atoms with Gasteiger partial charge in [-0.05, 0) is 24.6 Å². The molecule has 6 heteroatoms. The largest absolute Gasteiger partial charge is 0.454 e. The van der Waals surface area contributed by atoms with E-state index >= 15 is 0 Å². The standard InChI is InChI=1S/C13H14N2O4/c16-12(15-4-1-5-15)7-14-13(17)9-2-3-10-11(6-9)19-8-18-10/h2-3,6H,1,4-5,7-8H2,(H,14,17). The van der Waals surface area contributed by atoms with Crippen molar-refractivity contribution in [2.24, 2.45) is 0 Å². The van der Waals surface area contributed by atoms with E-state index < -0.39 is 0 Å². The summed E-state index contributed by atoms with van der Waals surface area (Å²) in [5.41, 5.74) is 0.459. The highest BCUT2D eigenvalue weighted by molar-refractivity contribution is 5.97. The van der Waals surface area contributed by atoms with Crippen LogP contribution >= 0.6 is 0 Å². The molecule has 0 saturated carbocycles. The van der Waals surface area contributed by atoms with E-state index in [1.165, 1.54) is 0 Å². The van der Waals surface area contributed by atoms with Crippen LogP contribution in [-0.4, -0.2) is 43.1 Å². The highest BCUT2D eigenvalue weighted by atomic mass is 16.7. The Balaban J connectivity index is 1.59. The SMILES string of the molecule is O=C(NCC(=O)N1CCC1)c1ccc2c(c1)OCO2. The maximum absolute atomic E-state index is 11.9. The monoisotopic (exact) mass is 262 g/mol. The first-order valence-electron chi connectivity index (χ1n) is 6.20. The van der Waals surface area contributed by atoms with Gasteiger partial charge >= 0.3 is 0 Å². The van der Waals surface area contributed by atoms with Gasteiger partial charge in [0.2, 0.25) is 12.7 Å². The number of nitrogens with one attached hydrogen (secondary N) is 1. The predicted molar refractivity (Wildman–Crippen MR) is 66.1 cm³/mol. The number of likely N-dealkylation sites (tertiary alicyclic amines) is 1. The van der Waals surface area contributed by atoms with Crippen molar-refractivity contribution in [3.05, 3.63) is 23.8 Å². The third-order valence-electron chi connectivity index (χ3n) is 3.24. The summed E-state index contributed by atoms with van der Waals surface area (Å²) in [6.45, 7) is 1.79. The molecule has 19 heavy (non-hydrogen) atoms. The van der Waals surface area contributed by atoms with Crippen molar-refractivity contribution in [1.82, 2.24) is 10.2 Å². The lowest BCUT2D eigenvalue weighted by molar-refractivity contribution is -0.133. The van der Waals surface area contributed by atoms with E-state index in [2.05, 4.69) is 5.32 Å². The average molecular weight is 262 g/mol. The minimum absolute atomic E-state index is 0.0350. The second kappa shape index (κ2) is 4.79. The molecule has 3 rings (SSSR count). The van der Waals surface area contributed by atoms with E-state index in [1.807, 2.05) is 0 Å². The zero-order chi connectivity index (χ0) is 13.2. The van der Waals surface area contributed by atoms with Crippen molar-refractivity contribution < 1.29 is 19.1 Å². The van der Waals surface area contributed by atoms with Gasteiger partial charge in [0.1, 0.15) is 0 Å². The van der Waals surface area contributed by atoms with E-state index in [9.17, 15) is 9.59 Å². The summed E-state index contributed by atoms with van der Waals surface area (Å²) in [6, 6.07) is 4.96. The molecule has 1 fully saturated rings. The Labute approximate surface area is 110 Å². The first kappa shape index (κ1) is 11.8. The fourth-order valence-corrected chi connectivity index (χ4v) is 1.97. The lowest BCUT2D eigenvalue weighted by Crippen LogP contribution is -2.47. The van der Waals surface area contributed by atoms with Gasteiger partial charge in [0.15, 0.2) is 11.5 Å². The lowest BCUT2D eigenvalue weighted by atomic mass is 10.2. The number of carbonyl (C=O) groups excluding carboxylic acids is 2. The van der Waals surface area contributed by atoms with E-state index in [4.69, 9.17) is 9.47 Å². The van der Waals surface area contributed by atoms with Crippen molar-refractivity contribution in [2.45, 2.75) is 6.42 Å². The Morgan fingerprint density at radius 1 is 1.21 bits per heavy atom. The summed E-state index contributed by atoms with van der Waals surface area (Å²) >= 11 is 0. The highest BCUT2D eigenvalue weighted by Crippen LogP contribution is 2.32. The molecule has 0 unspecified atom stereocenters. The summed E-state index contributed by atoms with van der Waals surface area (Å²) in [5.74, 6) is 0.863. The zero-order valence-corrected chi connectivity index (χ0v) is 10.3. The Morgan fingerprint density at radius 2 is 2.00 bits per heavy atom. The Bertz CT molecular complexity index is 525. The fraction of sp³-hybridized carbons (Fsp3) is 0.385. The molecule has 2 amide bonds. The maximum atomic E-state index is 11.9. The van der Waals surface area contributed by atoms with E-state index in [0.717, 1.165) is 19.5 Å². The quantitative estimate of drug-likeness (QED) is 0.855. The predicted octanol–water partition coefficient (Wildman–Crippen LogP) is 0.377. The van der Waals surface area contributed by atoms with Crippen LogP contribution in [0.15, 0.2) is 18.2 Å². The van der Waals surface area contributed by atoms with Crippen LogP contribution in [0, 0.1) is 0 Å². The molecule has 1 saturated heterocycles. The van der Waals surface area contributed by atoms with Crippen molar-refractivity contribution in [2.75, 3.05) is 26.4 Å². The number of benzene rings is 1. The van der Waals surface area contributed by atoms with Crippen molar-refractivity contribution >= 4 is 11.8 Å². The molecular formula is C13H14N2O4. The zero-order valence-electron chi connectivity index (χ0n) is 10.3. The molecule has 1 N–H and O–H groups in total. The normalized spacial score (nSPS) is 15.9. The second-order valence-corrected chi connectivity index (χ2v) is 4.49. The molecule has 0 aromatic heterocycles. The smallest absolute Gasteiger partial charge is 0.251 e. The molecule has 1 aromatic rings. The molecule has 0 radical (unpaired) electrons. The van der Waals surface area contributed by atoms with Gasteiger partial charge in [-0.25, -0.2) is 0 Å². The van der Waals surface area contributed by atoms with Crippen LogP contribution in [0.3, 0.4) is 0 Å². The first-order chi connectivity index (χ1) is 9.24. The Morgan fingerprint density at radius 3 is 2.74 bits per heavy atom. The molecule has 0 atom stereocenters. The molecule has 100 valence electrons. The van der Waals surface area contributed by atoms with Gasteiger partial charge in [0.05, 0.1) is 6.54 Å². The lowest BCUT2D eigenvalue weighted by Gasteiger charge is -2.30. The molecule has 6 nitrogen and oxygen atoms in total. The Hall–Kier alpha value is -2.24. The topological polar surface area (TPSA) is 67.9 Å². The van der Waals surface area contributed by atoms with Gasteiger partial charge in [0.25, 0.3) is 5.91 Å². The second-order valence-electron chi connectivity index (χ2n) is 4.49. The third-order valence-corrected chi connectivity index (χ3v) is 3.24. The first-order valence-corrected chi connectivity index (χ1v) is 6.20. The molecule has 2 aliphatic rings. The van der Waals surface area contributed by atoms with Crippen LogP contribution in [-0.2, 0) is 4.79 Å². The highest BCUT2D eigenvalue weighted by Gasteiger charge is 2.21. The van der Waals surface area contributed by atoms with E-state index in [0.29, 0.717) is 17.1 Å². The van der Waals surface area contributed by atoms with Crippen molar-refractivity contribution in [1.29, 1.82) is 0 Å². The van der Waals surface area contributed by atoms with Crippen LogP contribution in [0.1, 0.15) is 16.8 Å². The number of hydrogen-bond donors (Lipinski definition) is 1. The average Bonchev–Trinajstić information content (AvgIpc) is 2.80.